The zero-order chi connectivity index (χ0) is 20.5. The summed E-state index contributed by atoms with van der Waals surface area (Å²) < 4.78 is 38.6. The van der Waals surface area contributed by atoms with Crippen molar-refractivity contribution in [2.75, 3.05) is 25.5 Å². The monoisotopic (exact) mass is 396 g/mol. The molecule has 3 rings (SSSR count). The fourth-order valence-electron chi connectivity index (χ4n) is 3.57. The number of halogens is 3. The smallest absolute Gasteiger partial charge is 0.416 e. The Balaban J connectivity index is 1.75. The van der Waals surface area contributed by atoms with E-state index in [2.05, 4.69) is 20.4 Å². The molecule has 152 valence electrons. The molecule has 2 aromatic rings. The molecule has 1 aliphatic heterocycles. The number of benzene rings is 1. The minimum absolute atomic E-state index is 0.133. The number of aromatic hydroxyl groups is 1. The predicted octanol–water partition coefficient (Wildman–Crippen LogP) is 3.04. The SMILES string of the molecule is Cc1cc(C(F)(F)F)cc(O)c1-c1ccc(N[C@H]2CC[C@@H](CO)N(C)C2)nn1. The average molecular weight is 396 g/mol. The van der Waals surface area contributed by atoms with Gasteiger partial charge in [-0.1, -0.05) is 0 Å². The summed E-state index contributed by atoms with van der Waals surface area (Å²) in [6.45, 7) is 2.38. The van der Waals surface area contributed by atoms with Crippen molar-refractivity contribution in [3.63, 3.8) is 0 Å². The van der Waals surface area contributed by atoms with E-state index >= 15 is 0 Å². The van der Waals surface area contributed by atoms with Crippen molar-refractivity contribution in [3.8, 4) is 17.0 Å². The molecule has 0 bridgehead atoms. The summed E-state index contributed by atoms with van der Waals surface area (Å²) in [6.07, 6.45) is -2.77. The van der Waals surface area contributed by atoms with Crippen molar-refractivity contribution in [3.05, 3.63) is 35.4 Å². The van der Waals surface area contributed by atoms with Crippen LogP contribution < -0.4 is 5.32 Å². The Hall–Kier alpha value is -2.39. The molecule has 6 nitrogen and oxygen atoms in total. The molecular formula is C19H23F3N4O2. The Bertz CT molecular complexity index is 804. The number of likely N-dealkylation sites (N-methyl/N-ethyl adjacent to an activating group) is 1. The molecule has 1 aliphatic rings. The lowest BCUT2D eigenvalue weighted by molar-refractivity contribution is -0.137. The summed E-state index contributed by atoms with van der Waals surface area (Å²) in [6, 6.07) is 5.32. The number of aromatic nitrogens is 2. The molecule has 0 spiro atoms. The largest absolute Gasteiger partial charge is 0.507 e. The molecule has 0 amide bonds. The number of phenols is 1. The first-order valence-corrected chi connectivity index (χ1v) is 9.01. The number of phenolic OH excluding ortho intramolecular Hbond substituents is 1. The second kappa shape index (κ2) is 7.92. The van der Waals surface area contributed by atoms with E-state index in [1.807, 2.05) is 7.05 Å². The molecule has 1 aromatic carbocycles. The van der Waals surface area contributed by atoms with E-state index in [-0.39, 0.29) is 29.8 Å². The zero-order valence-corrected chi connectivity index (χ0v) is 15.7. The second-order valence-corrected chi connectivity index (χ2v) is 7.18. The van der Waals surface area contributed by atoms with Crippen molar-refractivity contribution in [2.45, 2.75) is 38.0 Å². The molecular weight excluding hydrogens is 373 g/mol. The van der Waals surface area contributed by atoms with Gasteiger partial charge < -0.3 is 15.5 Å². The van der Waals surface area contributed by atoms with Crippen LogP contribution in [0.25, 0.3) is 11.3 Å². The van der Waals surface area contributed by atoms with Crippen LogP contribution in [0, 0.1) is 6.92 Å². The predicted molar refractivity (Wildman–Crippen MR) is 99.0 cm³/mol. The molecule has 2 heterocycles. The first-order valence-electron chi connectivity index (χ1n) is 9.01. The number of aryl methyl sites for hydroxylation is 1. The Kier molecular flexibility index (Phi) is 5.76. The molecule has 0 saturated carbocycles. The van der Waals surface area contributed by atoms with Gasteiger partial charge in [0.1, 0.15) is 11.6 Å². The number of likely N-dealkylation sites (tertiary alicyclic amines) is 1. The fraction of sp³-hybridized carbons (Fsp3) is 0.474. The van der Waals surface area contributed by atoms with Crippen LogP contribution in [0.1, 0.15) is 24.0 Å². The van der Waals surface area contributed by atoms with Crippen LogP contribution >= 0.6 is 0 Å². The number of alkyl halides is 3. The number of hydrogen-bond acceptors (Lipinski definition) is 6. The highest BCUT2D eigenvalue weighted by Gasteiger charge is 2.32. The summed E-state index contributed by atoms with van der Waals surface area (Å²) in [7, 11) is 1.96. The highest BCUT2D eigenvalue weighted by Crippen LogP contribution is 2.38. The second-order valence-electron chi connectivity index (χ2n) is 7.18. The van der Waals surface area contributed by atoms with Crippen LogP contribution in [-0.4, -0.2) is 57.6 Å². The van der Waals surface area contributed by atoms with Crippen LogP contribution in [0.4, 0.5) is 19.0 Å². The number of nitrogens with zero attached hydrogens (tertiary/aromatic N) is 3. The van der Waals surface area contributed by atoms with Crippen LogP contribution in [-0.2, 0) is 6.18 Å². The van der Waals surface area contributed by atoms with Crippen molar-refractivity contribution in [1.29, 1.82) is 0 Å². The number of hydrogen-bond donors (Lipinski definition) is 3. The van der Waals surface area contributed by atoms with E-state index in [4.69, 9.17) is 0 Å². The van der Waals surface area contributed by atoms with Gasteiger partial charge in [0, 0.05) is 24.2 Å². The minimum atomic E-state index is -4.53. The van der Waals surface area contributed by atoms with Crippen LogP contribution in [0.2, 0.25) is 0 Å². The summed E-state index contributed by atoms with van der Waals surface area (Å²) in [4.78, 5) is 2.09. The normalized spacial score (nSPS) is 20.9. The van der Waals surface area contributed by atoms with E-state index in [1.165, 1.54) is 6.92 Å². The molecule has 1 fully saturated rings. The third-order valence-corrected chi connectivity index (χ3v) is 5.11. The Labute approximate surface area is 161 Å². The van der Waals surface area contributed by atoms with Gasteiger partial charge >= 0.3 is 6.18 Å². The van der Waals surface area contributed by atoms with Crippen LogP contribution in [0.15, 0.2) is 24.3 Å². The van der Waals surface area contributed by atoms with Crippen molar-refractivity contribution < 1.29 is 23.4 Å². The van der Waals surface area contributed by atoms with Crippen molar-refractivity contribution >= 4 is 5.82 Å². The summed E-state index contributed by atoms with van der Waals surface area (Å²) >= 11 is 0. The Morgan fingerprint density at radius 3 is 2.50 bits per heavy atom. The molecule has 0 unspecified atom stereocenters. The van der Waals surface area contributed by atoms with Gasteiger partial charge in [-0.25, -0.2) is 0 Å². The third kappa shape index (κ3) is 4.36. The molecule has 2 atom stereocenters. The minimum Gasteiger partial charge on any atom is -0.507 e. The van der Waals surface area contributed by atoms with Gasteiger partial charge in [-0.3, -0.25) is 4.90 Å². The molecule has 9 heteroatoms. The van der Waals surface area contributed by atoms with Gasteiger partial charge in [-0.2, -0.15) is 13.2 Å². The van der Waals surface area contributed by atoms with Crippen molar-refractivity contribution in [2.24, 2.45) is 0 Å². The van der Waals surface area contributed by atoms with E-state index in [1.54, 1.807) is 12.1 Å². The standard InChI is InChI=1S/C19H23F3N4O2/c1-11-7-12(19(20,21)22)8-16(28)18(11)15-5-6-17(25-24-15)23-13-3-4-14(10-27)26(2)9-13/h5-8,13-14,27-28H,3-4,9-10H2,1-2H3,(H,23,25)/t13-,14-/m0/s1. The zero-order valence-electron chi connectivity index (χ0n) is 15.7. The quantitative estimate of drug-likeness (QED) is 0.737. The van der Waals surface area contributed by atoms with E-state index in [0.29, 0.717) is 17.6 Å². The number of aliphatic hydroxyl groups excluding tert-OH is 1. The third-order valence-electron chi connectivity index (χ3n) is 5.11. The average Bonchev–Trinajstić information content (AvgIpc) is 2.62. The lowest BCUT2D eigenvalue weighted by Gasteiger charge is -2.36. The van der Waals surface area contributed by atoms with Gasteiger partial charge in [0.15, 0.2) is 0 Å². The highest BCUT2D eigenvalue weighted by atomic mass is 19.4. The summed E-state index contributed by atoms with van der Waals surface area (Å²) in [5, 5.41) is 30.9. The lowest BCUT2D eigenvalue weighted by Crippen LogP contribution is -2.47. The molecule has 0 aliphatic carbocycles. The first-order chi connectivity index (χ1) is 13.2. The highest BCUT2D eigenvalue weighted by molar-refractivity contribution is 5.71. The van der Waals surface area contributed by atoms with Crippen molar-refractivity contribution in [1.82, 2.24) is 15.1 Å². The lowest BCUT2D eigenvalue weighted by atomic mass is 9.99. The molecule has 1 aromatic heterocycles. The number of nitrogens with one attached hydrogen (secondary N) is 1. The van der Waals surface area contributed by atoms with Crippen LogP contribution in [0.5, 0.6) is 5.75 Å². The maximum atomic E-state index is 12.9. The maximum absolute atomic E-state index is 12.9. The van der Waals surface area contributed by atoms with Crippen LogP contribution in [0.3, 0.4) is 0 Å². The first kappa shape index (κ1) is 20.3. The fourth-order valence-corrected chi connectivity index (χ4v) is 3.57. The molecule has 28 heavy (non-hydrogen) atoms. The number of aliphatic hydroxyl groups is 1. The Morgan fingerprint density at radius 1 is 1.21 bits per heavy atom. The van der Waals surface area contributed by atoms with Gasteiger partial charge in [0.2, 0.25) is 0 Å². The topological polar surface area (TPSA) is 81.5 Å². The van der Waals surface area contributed by atoms with Gasteiger partial charge in [0.05, 0.1) is 17.9 Å². The number of anilines is 1. The van der Waals surface area contributed by atoms with Gasteiger partial charge in [-0.05, 0) is 56.6 Å². The molecule has 0 radical (unpaired) electrons. The maximum Gasteiger partial charge on any atom is 0.416 e. The van der Waals surface area contributed by atoms with Gasteiger partial charge in [-0.15, -0.1) is 10.2 Å². The van der Waals surface area contributed by atoms with Gasteiger partial charge in [0.25, 0.3) is 0 Å². The van der Waals surface area contributed by atoms with E-state index in [0.717, 1.165) is 25.5 Å². The molecule has 3 N–H and O–H groups in total. The summed E-state index contributed by atoms with van der Waals surface area (Å²) in [5.74, 6) is 0.0694. The Morgan fingerprint density at radius 2 is 1.96 bits per heavy atom. The van der Waals surface area contributed by atoms with E-state index < -0.39 is 17.5 Å². The number of rotatable bonds is 4. The molecule has 1 saturated heterocycles. The number of piperidine rings is 1. The van der Waals surface area contributed by atoms with E-state index in [9.17, 15) is 23.4 Å². The summed E-state index contributed by atoms with van der Waals surface area (Å²) in [5.41, 5.74) is -0.1000.